The summed E-state index contributed by atoms with van der Waals surface area (Å²) in [4.78, 5) is 0. The van der Waals surface area contributed by atoms with Gasteiger partial charge in [-0.2, -0.15) is 0 Å². The van der Waals surface area contributed by atoms with Crippen LogP contribution in [0.25, 0.3) is 0 Å². The monoisotopic (exact) mass is 273 g/mol. The summed E-state index contributed by atoms with van der Waals surface area (Å²) >= 11 is 0. The molecule has 1 aromatic rings. The Morgan fingerprint density at radius 2 is 1.95 bits per heavy atom. The predicted molar refractivity (Wildman–Crippen MR) is 82.5 cm³/mol. The van der Waals surface area contributed by atoms with E-state index in [-0.39, 0.29) is 0 Å². The van der Waals surface area contributed by atoms with Crippen LogP contribution in [0.4, 0.5) is 0 Å². The van der Waals surface area contributed by atoms with Crippen LogP contribution in [-0.4, -0.2) is 19.7 Å². The van der Waals surface area contributed by atoms with Gasteiger partial charge in [0.15, 0.2) is 0 Å². The first-order valence-electron chi connectivity index (χ1n) is 8.14. The van der Waals surface area contributed by atoms with Gasteiger partial charge in [0.1, 0.15) is 0 Å². The summed E-state index contributed by atoms with van der Waals surface area (Å²) in [6.45, 7) is 6.19. The highest BCUT2D eigenvalue weighted by Crippen LogP contribution is 2.59. The molecule has 1 aromatic carbocycles. The number of ether oxygens (including phenoxy) is 1. The van der Waals surface area contributed by atoms with Gasteiger partial charge in [-0.25, -0.2) is 0 Å². The Morgan fingerprint density at radius 3 is 2.65 bits per heavy atom. The van der Waals surface area contributed by atoms with Gasteiger partial charge in [-0.3, -0.25) is 0 Å². The summed E-state index contributed by atoms with van der Waals surface area (Å²) in [6, 6.07) is 10.5. The maximum absolute atomic E-state index is 6.07. The summed E-state index contributed by atoms with van der Waals surface area (Å²) in [5.74, 6) is 2.03. The molecule has 2 unspecified atom stereocenters. The molecule has 2 nitrogen and oxygen atoms in total. The lowest BCUT2D eigenvalue weighted by Crippen LogP contribution is -2.37. The van der Waals surface area contributed by atoms with E-state index in [1.807, 2.05) is 0 Å². The molecule has 110 valence electrons. The topological polar surface area (TPSA) is 21.3 Å². The van der Waals surface area contributed by atoms with Crippen molar-refractivity contribution in [2.75, 3.05) is 19.7 Å². The van der Waals surface area contributed by atoms with Gasteiger partial charge in [0.05, 0.1) is 13.2 Å². The SMILES string of the molecule is CCCNCC1(COCc2ccccc2)CC2CC2C1. The molecular formula is C18H27NO. The molecule has 1 N–H and O–H groups in total. The van der Waals surface area contributed by atoms with Crippen LogP contribution >= 0.6 is 0 Å². The molecule has 0 aromatic heterocycles. The Morgan fingerprint density at radius 1 is 1.20 bits per heavy atom. The van der Waals surface area contributed by atoms with Crippen molar-refractivity contribution >= 4 is 0 Å². The first-order chi connectivity index (χ1) is 9.81. The van der Waals surface area contributed by atoms with E-state index in [2.05, 4.69) is 42.6 Å². The summed E-state index contributed by atoms with van der Waals surface area (Å²) in [5.41, 5.74) is 1.70. The first-order valence-corrected chi connectivity index (χ1v) is 8.14. The van der Waals surface area contributed by atoms with Gasteiger partial charge in [0.2, 0.25) is 0 Å². The van der Waals surface area contributed by atoms with Crippen LogP contribution in [0.3, 0.4) is 0 Å². The molecule has 0 radical (unpaired) electrons. The minimum atomic E-state index is 0.414. The average molecular weight is 273 g/mol. The van der Waals surface area contributed by atoms with Crippen molar-refractivity contribution in [3.05, 3.63) is 35.9 Å². The lowest BCUT2D eigenvalue weighted by Gasteiger charge is -2.31. The van der Waals surface area contributed by atoms with Gasteiger partial charge in [0.25, 0.3) is 0 Å². The Labute approximate surface area is 122 Å². The molecule has 2 atom stereocenters. The Kier molecular flexibility index (Phi) is 4.42. The molecule has 2 aliphatic carbocycles. The van der Waals surface area contributed by atoms with E-state index in [0.717, 1.165) is 38.1 Å². The maximum atomic E-state index is 6.07. The Hall–Kier alpha value is -0.860. The zero-order chi connectivity index (χ0) is 13.8. The van der Waals surface area contributed by atoms with E-state index in [1.54, 1.807) is 0 Å². The Balaban J connectivity index is 1.49. The molecule has 2 heteroatoms. The second kappa shape index (κ2) is 6.28. The summed E-state index contributed by atoms with van der Waals surface area (Å²) in [5, 5.41) is 3.63. The minimum absolute atomic E-state index is 0.414. The second-order valence-corrected chi connectivity index (χ2v) is 6.82. The van der Waals surface area contributed by atoms with Crippen LogP contribution in [0.15, 0.2) is 30.3 Å². The lowest BCUT2D eigenvalue weighted by molar-refractivity contribution is 0.0295. The molecule has 20 heavy (non-hydrogen) atoms. The zero-order valence-corrected chi connectivity index (χ0v) is 12.6. The van der Waals surface area contributed by atoms with Crippen LogP contribution in [0.2, 0.25) is 0 Å². The van der Waals surface area contributed by atoms with E-state index in [0.29, 0.717) is 5.41 Å². The third-order valence-electron chi connectivity index (χ3n) is 4.91. The molecule has 3 rings (SSSR count). The fourth-order valence-corrected chi connectivity index (χ4v) is 3.81. The number of fused-ring (bicyclic) bond motifs is 1. The van der Waals surface area contributed by atoms with Crippen molar-refractivity contribution in [1.29, 1.82) is 0 Å². The standard InChI is InChI=1S/C18H27NO/c1-2-8-19-13-18(10-16-9-17(16)11-18)14-20-12-15-6-4-3-5-7-15/h3-7,16-17,19H,2,8-14H2,1H3. The number of nitrogens with one attached hydrogen (secondary N) is 1. The van der Waals surface area contributed by atoms with Gasteiger partial charge in [0, 0.05) is 12.0 Å². The highest BCUT2D eigenvalue weighted by Gasteiger charge is 2.53. The second-order valence-electron chi connectivity index (χ2n) is 6.82. The normalized spacial score (nSPS) is 31.2. The number of hydrogen-bond donors (Lipinski definition) is 1. The van der Waals surface area contributed by atoms with Gasteiger partial charge in [-0.1, -0.05) is 37.3 Å². The predicted octanol–water partition coefficient (Wildman–Crippen LogP) is 3.62. The van der Waals surface area contributed by atoms with E-state index < -0.39 is 0 Å². The van der Waals surface area contributed by atoms with Crippen LogP contribution < -0.4 is 5.32 Å². The first kappa shape index (κ1) is 14.1. The molecular weight excluding hydrogens is 246 g/mol. The van der Waals surface area contributed by atoms with Gasteiger partial charge < -0.3 is 10.1 Å². The summed E-state index contributed by atoms with van der Waals surface area (Å²) < 4.78 is 6.07. The summed E-state index contributed by atoms with van der Waals surface area (Å²) in [7, 11) is 0. The number of hydrogen-bond acceptors (Lipinski definition) is 2. The molecule has 0 heterocycles. The van der Waals surface area contributed by atoms with Crippen molar-refractivity contribution in [1.82, 2.24) is 5.32 Å². The molecule has 2 aliphatic rings. The number of rotatable bonds is 8. The fourth-order valence-electron chi connectivity index (χ4n) is 3.81. The molecule has 2 saturated carbocycles. The third-order valence-corrected chi connectivity index (χ3v) is 4.91. The van der Waals surface area contributed by atoms with Crippen LogP contribution in [0.5, 0.6) is 0 Å². The van der Waals surface area contributed by atoms with E-state index >= 15 is 0 Å². The van der Waals surface area contributed by atoms with Gasteiger partial charge >= 0.3 is 0 Å². The largest absolute Gasteiger partial charge is 0.376 e. The molecule has 0 spiro atoms. The Bertz CT molecular complexity index is 407. The third kappa shape index (κ3) is 3.42. The van der Waals surface area contributed by atoms with Crippen LogP contribution in [0.1, 0.15) is 38.2 Å². The van der Waals surface area contributed by atoms with Gasteiger partial charge in [-0.05, 0) is 49.6 Å². The van der Waals surface area contributed by atoms with E-state index in [4.69, 9.17) is 4.74 Å². The molecule has 0 bridgehead atoms. The smallest absolute Gasteiger partial charge is 0.0717 e. The van der Waals surface area contributed by atoms with Crippen molar-refractivity contribution in [3.8, 4) is 0 Å². The van der Waals surface area contributed by atoms with Crippen molar-refractivity contribution in [2.45, 2.75) is 39.2 Å². The molecule has 0 amide bonds. The van der Waals surface area contributed by atoms with E-state index in [9.17, 15) is 0 Å². The molecule has 0 saturated heterocycles. The highest BCUT2D eigenvalue weighted by molar-refractivity contribution is 5.13. The van der Waals surface area contributed by atoms with Crippen molar-refractivity contribution < 1.29 is 4.74 Å². The fraction of sp³-hybridized carbons (Fsp3) is 0.667. The molecule has 2 fully saturated rings. The van der Waals surface area contributed by atoms with Crippen molar-refractivity contribution in [2.24, 2.45) is 17.3 Å². The number of benzene rings is 1. The highest BCUT2D eigenvalue weighted by atomic mass is 16.5. The van der Waals surface area contributed by atoms with Crippen molar-refractivity contribution in [3.63, 3.8) is 0 Å². The molecule has 0 aliphatic heterocycles. The maximum Gasteiger partial charge on any atom is 0.0717 e. The van der Waals surface area contributed by atoms with Crippen LogP contribution in [-0.2, 0) is 11.3 Å². The minimum Gasteiger partial charge on any atom is -0.376 e. The quantitative estimate of drug-likeness (QED) is 0.730. The lowest BCUT2D eigenvalue weighted by atomic mass is 9.83. The van der Waals surface area contributed by atoms with Crippen LogP contribution in [0, 0.1) is 17.3 Å². The summed E-state index contributed by atoms with van der Waals surface area (Å²) in [6.07, 6.45) is 5.45. The van der Waals surface area contributed by atoms with Gasteiger partial charge in [-0.15, -0.1) is 0 Å². The van der Waals surface area contributed by atoms with E-state index in [1.165, 1.54) is 31.2 Å². The zero-order valence-electron chi connectivity index (χ0n) is 12.6. The average Bonchev–Trinajstić information content (AvgIpc) is 3.08.